The van der Waals surface area contributed by atoms with Crippen molar-refractivity contribution in [1.82, 2.24) is 20.2 Å². The van der Waals surface area contributed by atoms with Crippen LogP contribution in [0.1, 0.15) is 28.0 Å². The minimum absolute atomic E-state index is 0.195. The van der Waals surface area contributed by atoms with E-state index < -0.39 is 0 Å². The van der Waals surface area contributed by atoms with Gasteiger partial charge in [0.1, 0.15) is 11.5 Å². The van der Waals surface area contributed by atoms with Gasteiger partial charge < -0.3 is 15.5 Å². The van der Waals surface area contributed by atoms with Gasteiger partial charge in [-0.15, -0.1) is 0 Å². The van der Waals surface area contributed by atoms with Gasteiger partial charge in [0.15, 0.2) is 0 Å². The van der Waals surface area contributed by atoms with E-state index in [2.05, 4.69) is 51.5 Å². The number of amides is 1. The number of aromatic nitrogens is 2. The predicted molar refractivity (Wildman–Crippen MR) is 96.7 cm³/mol. The average molecular weight is 327 g/mol. The highest BCUT2D eigenvalue weighted by Crippen LogP contribution is 2.17. The van der Waals surface area contributed by atoms with Gasteiger partial charge in [0, 0.05) is 12.2 Å². The summed E-state index contributed by atoms with van der Waals surface area (Å²) in [5.41, 5.74) is 3.73. The highest BCUT2D eigenvalue weighted by molar-refractivity contribution is 5.92. The van der Waals surface area contributed by atoms with Crippen LogP contribution >= 0.6 is 0 Å². The molecule has 24 heavy (non-hydrogen) atoms. The summed E-state index contributed by atoms with van der Waals surface area (Å²) in [5.74, 6) is 0.418. The fraction of sp³-hybridized carbons (Fsp3) is 0.389. The lowest BCUT2D eigenvalue weighted by molar-refractivity contribution is 0.0947. The van der Waals surface area contributed by atoms with Gasteiger partial charge in [0.25, 0.3) is 5.91 Å². The predicted octanol–water partition coefficient (Wildman–Crippen LogP) is 2.52. The van der Waals surface area contributed by atoms with Crippen molar-refractivity contribution in [3.63, 3.8) is 0 Å². The molecule has 2 rings (SSSR count). The van der Waals surface area contributed by atoms with Gasteiger partial charge in [-0.2, -0.15) is 0 Å². The summed E-state index contributed by atoms with van der Waals surface area (Å²) < 4.78 is 0. The lowest BCUT2D eigenvalue weighted by atomic mass is 10.1. The van der Waals surface area contributed by atoms with E-state index in [4.69, 9.17) is 0 Å². The molecule has 0 aliphatic rings. The molecule has 6 nitrogen and oxygen atoms in total. The zero-order valence-electron chi connectivity index (χ0n) is 14.8. The van der Waals surface area contributed by atoms with E-state index in [0.717, 1.165) is 18.7 Å². The van der Waals surface area contributed by atoms with Crippen molar-refractivity contribution in [1.29, 1.82) is 0 Å². The Balaban J connectivity index is 1.90. The van der Waals surface area contributed by atoms with Crippen molar-refractivity contribution in [3.05, 3.63) is 47.4 Å². The number of carbonyl (C=O) groups excluding carboxylic acids is 1. The van der Waals surface area contributed by atoms with Crippen LogP contribution in [-0.2, 0) is 0 Å². The molecule has 0 aliphatic heterocycles. The Morgan fingerprint density at radius 2 is 1.92 bits per heavy atom. The minimum atomic E-state index is -0.195. The third kappa shape index (κ3) is 5.31. The summed E-state index contributed by atoms with van der Waals surface area (Å²) in [6.45, 7) is 5.70. The molecule has 1 aromatic heterocycles. The molecule has 0 saturated heterocycles. The highest BCUT2D eigenvalue weighted by atomic mass is 16.1. The SMILES string of the molecule is Cc1ccc(Nc2cnc(C(=O)NCCCN(C)C)cn2)cc1C. The first-order valence-corrected chi connectivity index (χ1v) is 8.05. The van der Waals surface area contributed by atoms with E-state index in [1.807, 2.05) is 20.2 Å². The second-order valence-corrected chi connectivity index (χ2v) is 6.12. The van der Waals surface area contributed by atoms with Crippen molar-refractivity contribution >= 4 is 17.4 Å². The maximum Gasteiger partial charge on any atom is 0.271 e. The standard InChI is InChI=1S/C18H25N5O/c1-13-6-7-15(10-14(13)2)22-17-12-20-16(11-21-17)18(24)19-8-5-9-23(3)4/h6-7,10-12H,5,8-9H2,1-4H3,(H,19,24)(H,21,22). The first-order chi connectivity index (χ1) is 11.5. The third-order valence-electron chi connectivity index (χ3n) is 3.73. The van der Waals surface area contributed by atoms with E-state index in [1.54, 1.807) is 6.20 Å². The largest absolute Gasteiger partial charge is 0.351 e. The maximum atomic E-state index is 12.0. The number of benzene rings is 1. The second kappa shape index (κ2) is 8.40. The average Bonchev–Trinajstić information content (AvgIpc) is 2.55. The van der Waals surface area contributed by atoms with E-state index in [0.29, 0.717) is 18.1 Å². The first kappa shape index (κ1) is 17.9. The summed E-state index contributed by atoms with van der Waals surface area (Å²) in [5, 5.41) is 6.04. The molecule has 0 aliphatic carbocycles. The van der Waals surface area contributed by atoms with Gasteiger partial charge in [0.05, 0.1) is 12.4 Å². The Hall–Kier alpha value is -2.47. The number of nitrogens with one attached hydrogen (secondary N) is 2. The van der Waals surface area contributed by atoms with Crippen LogP contribution < -0.4 is 10.6 Å². The molecule has 1 amide bonds. The van der Waals surface area contributed by atoms with Crippen molar-refractivity contribution < 1.29 is 4.79 Å². The number of anilines is 2. The minimum Gasteiger partial charge on any atom is -0.351 e. The van der Waals surface area contributed by atoms with Crippen molar-refractivity contribution in [2.24, 2.45) is 0 Å². The van der Waals surface area contributed by atoms with E-state index >= 15 is 0 Å². The van der Waals surface area contributed by atoms with Crippen LogP contribution in [0.25, 0.3) is 0 Å². The van der Waals surface area contributed by atoms with Gasteiger partial charge >= 0.3 is 0 Å². The van der Waals surface area contributed by atoms with Gasteiger partial charge in [-0.05, 0) is 64.2 Å². The van der Waals surface area contributed by atoms with E-state index in [-0.39, 0.29) is 5.91 Å². The molecule has 1 aromatic carbocycles. The fourth-order valence-corrected chi connectivity index (χ4v) is 2.16. The number of hydrogen-bond acceptors (Lipinski definition) is 5. The van der Waals surface area contributed by atoms with Gasteiger partial charge in [-0.25, -0.2) is 9.97 Å². The summed E-state index contributed by atoms with van der Waals surface area (Å²) in [4.78, 5) is 22.5. The topological polar surface area (TPSA) is 70.2 Å². The molecule has 0 saturated carbocycles. The Morgan fingerprint density at radius 1 is 1.12 bits per heavy atom. The Labute approximate surface area is 143 Å². The normalized spacial score (nSPS) is 10.7. The van der Waals surface area contributed by atoms with Crippen molar-refractivity contribution in [3.8, 4) is 0 Å². The van der Waals surface area contributed by atoms with Crippen LogP contribution in [0.4, 0.5) is 11.5 Å². The quantitative estimate of drug-likeness (QED) is 0.765. The van der Waals surface area contributed by atoms with E-state index in [9.17, 15) is 4.79 Å². The third-order valence-corrected chi connectivity index (χ3v) is 3.73. The number of rotatable bonds is 7. The summed E-state index contributed by atoms with van der Waals surface area (Å²) in [7, 11) is 4.02. The van der Waals surface area contributed by atoms with Crippen LogP contribution in [0.3, 0.4) is 0 Å². The maximum absolute atomic E-state index is 12.0. The van der Waals surface area contributed by atoms with Crippen LogP contribution in [0.5, 0.6) is 0 Å². The molecule has 0 atom stereocenters. The Bertz CT molecular complexity index is 682. The summed E-state index contributed by atoms with van der Waals surface area (Å²) >= 11 is 0. The van der Waals surface area contributed by atoms with Gasteiger partial charge in [-0.1, -0.05) is 6.07 Å². The molecule has 0 spiro atoms. The van der Waals surface area contributed by atoms with Crippen LogP contribution in [-0.4, -0.2) is 48.0 Å². The molecule has 2 aromatic rings. The molecule has 6 heteroatoms. The molecule has 2 N–H and O–H groups in total. The van der Waals surface area contributed by atoms with Gasteiger partial charge in [-0.3, -0.25) is 4.79 Å². The molecule has 1 heterocycles. The van der Waals surface area contributed by atoms with Gasteiger partial charge in [0.2, 0.25) is 0 Å². The highest BCUT2D eigenvalue weighted by Gasteiger charge is 2.07. The molecular weight excluding hydrogens is 302 g/mol. The lowest BCUT2D eigenvalue weighted by Gasteiger charge is -2.10. The van der Waals surface area contributed by atoms with Crippen molar-refractivity contribution in [2.45, 2.75) is 20.3 Å². The van der Waals surface area contributed by atoms with Crippen LogP contribution in [0, 0.1) is 13.8 Å². The zero-order chi connectivity index (χ0) is 17.5. The number of hydrogen-bond donors (Lipinski definition) is 2. The summed E-state index contributed by atoms with van der Waals surface area (Å²) in [6.07, 6.45) is 3.97. The monoisotopic (exact) mass is 327 g/mol. The number of aryl methyl sites for hydroxylation is 2. The first-order valence-electron chi connectivity index (χ1n) is 8.05. The summed E-state index contributed by atoms with van der Waals surface area (Å²) in [6, 6.07) is 6.11. The lowest BCUT2D eigenvalue weighted by Crippen LogP contribution is -2.27. The smallest absolute Gasteiger partial charge is 0.271 e. The van der Waals surface area contributed by atoms with Crippen molar-refractivity contribution in [2.75, 3.05) is 32.5 Å². The molecule has 0 radical (unpaired) electrons. The molecular formula is C18H25N5O. The Morgan fingerprint density at radius 3 is 2.54 bits per heavy atom. The number of nitrogens with zero attached hydrogens (tertiary/aromatic N) is 3. The molecule has 0 unspecified atom stereocenters. The second-order valence-electron chi connectivity index (χ2n) is 6.12. The van der Waals surface area contributed by atoms with Crippen LogP contribution in [0.15, 0.2) is 30.6 Å². The van der Waals surface area contributed by atoms with Crippen LogP contribution in [0.2, 0.25) is 0 Å². The molecule has 128 valence electrons. The fourth-order valence-electron chi connectivity index (χ4n) is 2.16. The molecule has 0 fully saturated rings. The van der Waals surface area contributed by atoms with E-state index in [1.165, 1.54) is 17.3 Å². The number of carbonyl (C=O) groups is 1. The molecule has 0 bridgehead atoms. The zero-order valence-corrected chi connectivity index (χ0v) is 14.8. The Kier molecular flexibility index (Phi) is 6.26.